The van der Waals surface area contributed by atoms with Gasteiger partial charge in [-0.2, -0.15) is 15.0 Å². The third-order valence-electron chi connectivity index (χ3n) is 3.56. The lowest BCUT2D eigenvalue weighted by molar-refractivity contribution is -0.384. The topological polar surface area (TPSA) is 117 Å². The molecular formula is C14H16N6O3. The number of hydrogen-bond acceptors (Lipinski definition) is 8. The van der Waals surface area contributed by atoms with Crippen molar-refractivity contribution in [1.82, 2.24) is 15.0 Å². The Morgan fingerprint density at radius 3 is 2.70 bits per heavy atom. The summed E-state index contributed by atoms with van der Waals surface area (Å²) in [5.41, 5.74) is 0.430. The lowest BCUT2D eigenvalue weighted by Crippen LogP contribution is -2.31. The third-order valence-corrected chi connectivity index (χ3v) is 3.56. The van der Waals surface area contributed by atoms with Gasteiger partial charge >= 0.3 is 6.01 Å². The summed E-state index contributed by atoms with van der Waals surface area (Å²) in [4.78, 5) is 24.4. The Kier molecular flexibility index (Phi) is 4.18. The van der Waals surface area contributed by atoms with Crippen LogP contribution in [0.15, 0.2) is 24.3 Å². The van der Waals surface area contributed by atoms with E-state index in [0.29, 0.717) is 11.6 Å². The molecule has 1 fully saturated rings. The van der Waals surface area contributed by atoms with Crippen LogP contribution in [0.3, 0.4) is 0 Å². The molecule has 0 saturated carbocycles. The number of anilines is 3. The molecule has 1 aromatic carbocycles. The number of nitrogens with zero attached hydrogens (tertiary/aromatic N) is 5. The highest BCUT2D eigenvalue weighted by Gasteiger charge is 2.16. The minimum atomic E-state index is -0.477. The van der Waals surface area contributed by atoms with Crippen LogP contribution >= 0.6 is 0 Å². The van der Waals surface area contributed by atoms with Crippen LogP contribution in [0.5, 0.6) is 6.01 Å². The molecule has 23 heavy (non-hydrogen) atoms. The Bertz CT molecular complexity index is 717. The summed E-state index contributed by atoms with van der Waals surface area (Å²) in [6, 6.07) is 5.62. The summed E-state index contributed by atoms with van der Waals surface area (Å²) in [6.45, 7) is 1.67. The van der Waals surface area contributed by atoms with Crippen LogP contribution in [0.1, 0.15) is 19.3 Å². The number of aromatic hydroxyl groups is 1. The van der Waals surface area contributed by atoms with Gasteiger partial charge in [0.15, 0.2) is 0 Å². The average Bonchev–Trinajstić information content (AvgIpc) is 2.55. The largest absolute Gasteiger partial charge is 0.479 e. The predicted molar refractivity (Wildman–Crippen MR) is 83.9 cm³/mol. The fraction of sp³-hybridized carbons (Fsp3) is 0.357. The highest BCUT2D eigenvalue weighted by atomic mass is 16.6. The molecule has 2 aromatic rings. The lowest BCUT2D eigenvalue weighted by atomic mass is 10.1. The van der Waals surface area contributed by atoms with Gasteiger partial charge in [-0.15, -0.1) is 0 Å². The summed E-state index contributed by atoms with van der Waals surface area (Å²) in [5, 5.41) is 23.4. The van der Waals surface area contributed by atoms with Crippen molar-refractivity contribution >= 4 is 23.3 Å². The van der Waals surface area contributed by atoms with Crippen molar-refractivity contribution in [3.05, 3.63) is 34.4 Å². The van der Waals surface area contributed by atoms with Crippen molar-refractivity contribution in [1.29, 1.82) is 0 Å². The fourth-order valence-corrected chi connectivity index (χ4v) is 2.47. The van der Waals surface area contributed by atoms with E-state index < -0.39 is 4.92 Å². The van der Waals surface area contributed by atoms with Crippen LogP contribution in [0.2, 0.25) is 0 Å². The molecule has 1 aromatic heterocycles. The summed E-state index contributed by atoms with van der Waals surface area (Å²) < 4.78 is 0. The van der Waals surface area contributed by atoms with Crippen LogP contribution in [-0.2, 0) is 0 Å². The second-order valence-corrected chi connectivity index (χ2v) is 5.24. The van der Waals surface area contributed by atoms with Gasteiger partial charge in [-0.1, -0.05) is 6.07 Å². The summed E-state index contributed by atoms with van der Waals surface area (Å²) in [7, 11) is 0. The maximum Gasteiger partial charge on any atom is 0.320 e. The Labute approximate surface area is 132 Å². The van der Waals surface area contributed by atoms with Gasteiger partial charge in [0.05, 0.1) is 4.92 Å². The van der Waals surface area contributed by atoms with E-state index in [1.807, 2.05) is 4.90 Å². The van der Waals surface area contributed by atoms with E-state index in [1.165, 1.54) is 18.6 Å². The first-order valence-corrected chi connectivity index (χ1v) is 7.33. The van der Waals surface area contributed by atoms with Gasteiger partial charge < -0.3 is 15.3 Å². The standard InChI is InChI=1S/C14H16N6O3/c21-14-17-12(15-10-5-4-6-11(9-10)20(22)23)16-13(18-14)19-7-2-1-3-8-19/h4-6,9H,1-3,7-8H2,(H2,15,16,17,18,21). The number of nitro groups is 1. The smallest absolute Gasteiger partial charge is 0.320 e. The number of nitrogens with one attached hydrogen (secondary N) is 1. The van der Waals surface area contributed by atoms with Crippen LogP contribution in [0, 0.1) is 10.1 Å². The maximum absolute atomic E-state index is 10.8. The number of aromatic nitrogens is 3. The van der Waals surface area contributed by atoms with Gasteiger partial charge in [0.2, 0.25) is 11.9 Å². The van der Waals surface area contributed by atoms with Gasteiger partial charge in [-0.25, -0.2) is 0 Å². The van der Waals surface area contributed by atoms with Crippen molar-refractivity contribution in [3.8, 4) is 6.01 Å². The van der Waals surface area contributed by atoms with Crippen LogP contribution in [0.25, 0.3) is 0 Å². The second kappa shape index (κ2) is 6.42. The monoisotopic (exact) mass is 316 g/mol. The molecule has 1 aliphatic heterocycles. The third kappa shape index (κ3) is 3.62. The highest BCUT2D eigenvalue weighted by molar-refractivity contribution is 5.58. The number of non-ortho nitro benzene ring substituents is 1. The molecule has 1 saturated heterocycles. The zero-order valence-corrected chi connectivity index (χ0v) is 12.3. The first-order chi connectivity index (χ1) is 11.1. The fourth-order valence-electron chi connectivity index (χ4n) is 2.47. The molecule has 0 radical (unpaired) electrons. The molecule has 0 bridgehead atoms. The van der Waals surface area contributed by atoms with Gasteiger partial charge in [0.25, 0.3) is 5.69 Å². The zero-order chi connectivity index (χ0) is 16.2. The van der Waals surface area contributed by atoms with E-state index in [0.717, 1.165) is 25.9 Å². The lowest BCUT2D eigenvalue weighted by Gasteiger charge is -2.26. The van der Waals surface area contributed by atoms with Gasteiger partial charge in [-0.3, -0.25) is 10.1 Å². The first kappa shape index (κ1) is 14.9. The summed E-state index contributed by atoms with van der Waals surface area (Å²) >= 11 is 0. The average molecular weight is 316 g/mol. The molecule has 3 rings (SSSR count). The van der Waals surface area contributed by atoms with Crippen molar-refractivity contribution in [2.75, 3.05) is 23.3 Å². The highest BCUT2D eigenvalue weighted by Crippen LogP contribution is 2.23. The molecule has 9 nitrogen and oxygen atoms in total. The molecule has 2 heterocycles. The predicted octanol–water partition coefficient (Wildman–Crippen LogP) is 2.22. The normalized spacial score (nSPS) is 14.5. The molecule has 0 unspecified atom stereocenters. The molecule has 0 amide bonds. The van der Waals surface area contributed by atoms with Crippen LogP contribution < -0.4 is 10.2 Å². The van der Waals surface area contributed by atoms with Crippen molar-refractivity contribution in [2.24, 2.45) is 0 Å². The molecule has 0 aliphatic carbocycles. The van der Waals surface area contributed by atoms with E-state index in [1.54, 1.807) is 12.1 Å². The molecular weight excluding hydrogens is 300 g/mol. The van der Waals surface area contributed by atoms with E-state index in [-0.39, 0.29) is 17.6 Å². The zero-order valence-electron chi connectivity index (χ0n) is 12.3. The van der Waals surface area contributed by atoms with Gasteiger partial charge in [0, 0.05) is 30.9 Å². The van der Waals surface area contributed by atoms with Crippen molar-refractivity contribution in [3.63, 3.8) is 0 Å². The Hall–Kier alpha value is -2.97. The number of piperidine rings is 1. The number of benzene rings is 1. The minimum Gasteiger partial charge on any atom is -0.479 e. The summed E-state index contributed by atoms with van der Waals surface area (Å²) in [6.07, 6.45) is 3.28. The molecule has 0 atom stereocenters. The SMILES string of the molecule is O=[N+]([O-])c1cccc(Nc2nc(O)nc(N3CCCCC3)n2)c1. The Balaban J connectivity index is 1.83. The van der Waals surface area contributed by atoms with E-state index in [4.69, 9.17) is 0 Å². The number of hydrogen-bond donors (Lipinski definition) is 2. The molecule has 1 aliphatic rings. The van der Waals surface area contributed by atoms with Crippen LogP contribution in [-0.4, -0.2) is 38.1 Å². The van der Waals surface area contributed by atoms with E-state index >= 15 is 0 Å². The quantitative estimate of drug-likeness (QED) is 0.651. The molecule has 0 spiro atoms. The summed E-state index contributed by atoms with van der Waals surface area (Å²) in [5.74, 6) is 0.559. The number of nitro benzene ring substituents is 1. The van der Waals surface area contributed by atoms with Gasteiger partial charge in [0.1, 0.15) is 0 Å². The molecule has 120 valence electrons. The van der Waals surface area contributed by atoms with Crippen molar-refractivity contribution < 1.29 is 10.0 Å². The second-order valence-electron chi connectivity index (χ2n) is 5.24. The van der Waals surface area contributed by atoms with E-state index in [2.05, 4.69) is 20.3 Å². The Morgan fingerprint density at radius 2 is 1.96 bits per heavy atom. The molecule has 2 N–H and O–H groups in total. The molecule has 9 heteroatoms. The maximum atomic E-state index is 10.8. The van der Waals surface area contributed by atoms with E-state index in [9.17, 15) is 15.2 Å². The number of rotatable bonds is 4. The van der Waals surface area contributed by atoms with Gasteiger partial charge in [-0.05, 0) is 25.3 Å². The van der Waals surface area contributed by atoms with Crippen molar-refractivity contribution in [2.45, 2.75) is 19.3 Å². The minimum absolute atomic E-state index is 0.0375. The Morgan fingerprint density at radius 1 is 1.17 bits per heavy atom. The first-order valence-electron chi connectivity index (χ1n) is 7.33. The van der Waals surface area contributed by atoms with Crippen LogP contribution in [0.4, 0.5) is 23.3 Å².